The summed E-state index contributed by atoms with van der Waals surface area (Å²) in [6.07, 6.45) is 0.813. The number of para-hydroxylation sites is 1. The second-order valence-electron chi connectivity index (χ2n) is 4.30. The van der Waals surface area contributed by atoms with Gasteiger partial charge in [-0.2, -0.15) is 0 Å². The molecule has 2 heteroatoms. The summed E-state index contributed by atoms with van der Waals surface area (Å²) in [6.45, 7) is 6.24. The molecular weight excluding hydrogens is 188 g/mol. The van der Waals surface area contributed by atoms with Gasteiger partial charge in [-0.1, -0.05) is 39.0 Å². The van der Waals surface area contributed by atoms with Crippen molar-refractivity contribution in [3.63, 3.8) is 0 Å². The van der Waals surface area contributed by atoms with Crippen LogP contribution in [0.4, 0.5) is 0 Å². The second kappa shape index (κ2) is 3.69. The van der Waals surface area contributed by atoms with E-state index < -0.39 is 0 Å². The number of hydrogen-bond donors (Lipinski definition) is 0. The van der Waals surface area contributed by atoms with E-state index in [1.54, 1.807) is 0 Å². The van der Waals surface area contributed by atoms with Crippen molar-refractivity contribution in [2.75, 3.05) is 0 Å². The van der Waals surface area contributed by atoms with Crippen molar-refractivity contribution in [1.82, 2.24) is 0 Å². The van der Waals surface area contributed by atoms with Gasteiger partial charge in [-0.3, -0.25) is 4.79 Å². The monoisotopic (exact) mass is 204 g/mol. The van der Waals surface area contributed by atoms with Gasteiger partial charge in [0, 0.05) is 5.56 Å². The normalized spacial score (nSPS) is 19.2. The lowest BCUT2D eigenvalue weighted by Gasteiger charge is -2.09. The summed E-state index contributed by atoms with van der Waals surface area (Å²) in [5.74, 6) is 1.05. The highest BCUT2D eigenvalue weighted by Crippen LogP contribution is 2.41. The zero-order valence-corrected chi connectivity index (χ0v) is 9.41. The maximum atomic E-state index is 11.6. The molecule has 0 amide bonds. The average molecular weight is 204 g/mol. The minimum Gasteiger partial charge on any atom is -0.425 e. The Balaban J connectivity index is 2.52. The van der Waals surface area contributed by atoms with Crippen molar-refractivity contribution in [2.24, 2.45) is 0 Å². The standard InChI is InChI=1S/C13H16O2/c1-4-9-11-7-5-6-10(8(2)3)12(11)15-13(9)14/h5-9H,4H2,1-3H3. The van der Waals surface area contributed by atoms with Crippen LogP contribution in [0.3, 0.4) is 0 Å². The minimum atomic E-state index is -0.0967. The van der Waals surface area contributed by atoms with Crippen LogP contribution < -0.4 is 4.74 Å². The number of carbonyl (C=O) groups is 1. The predicted octanol–water partition coefficient (Wildman–Crippen LogP) is 3.22. The van der Waals surface area contributed by atoms with Crippen LogP contribution in [0.2, 0.25) is 0 Å². The molecule has 2 nitrogen and oxygen atoms in total. The summed E-state index contributed by atoms with van der Waals surface area (Å²) < 4.78 is 5.36. The molecule has 0 bridgehead atoms. The maximum Gasteiger partial charge on any atom is 0.318 e. The van der Waals surface area contributed by atoms with E-state index in [2.05, 4.69) is 13.8 Å². The lowest BCUT2D eigenvalue weighted by Crippen LogP contribution is -2.08. The average Bonchev–Trinajstić information content (AvgIpc) is 2.52. The summed E-state index contributed by atoms with van der Waals surface area (Å²) in [5.41, 5.74) is 2.20. The zero-order valence-electron chi connectivity index (χ0n) is 9.41. The maximum absolute atomic E-state index is 11.6. The van der Waals surface area contributed by atoms with E-state index in [1.807, 2.05) is 25.1 Å². The topological polar surface area (TPSA) is 26.3 Å². The number of carbonyl (C=O) groups excluding carboxylic acids is 1. The zero-order chi connectivity index (χ0) is 11.0. The van der Waals surface area contributed by atoms with Crippen molar-refractivity contribution >= 4 is 5.97 Å². The van der Waals surface area contributed by atoms with Gasteiger partial charge in [-0.05, 0) is 17.9 Å². The number of fused-ring (bicyclic) bond motifs is 1. The SMILES string of the molecule is CCC1C(=O)Oc2c(C(C)C)cccc21. The summed E-state index contributed by atoms with van der Waals surface area (Å²) in [7, 11) is 0. The molecule has 1 aromatic carbocycles. The number of ether oxygens (including phenoxy) is 1. The Morgan fingerprint density at radius 3 is 2.73 bits per heavy atom. The fourth-order valence-electron chi connectivity index (χ4n) is 2.11. The molecule has 0 fully saturated rings. The van der Waals surface area contributed by atoms with Gasteiger partial charge >= 0.3 is 5.97 Å². The van der Waals surface area contributed by atoms with Crippen LogP contribution in [0.1, 0.15) is 50.2 Å². The molecule has 0 saturated heterocycles. The summed E-state index contributed by atoms with van der Waals surface area (Å²) in [6, 6.07) is 6.05. The van der Waals surface area contributed by atoms with Crippen molar-refractivity contribution < 1.29 is 9.53 Å². The van der Waals surface area contributed by atoms with Crippen LogP contribution in [-0.4, -0.2) is 5.97 Å². The molecule has 1 atom stereocenters. The van der Waals surface area contributed by atoms with E-state index in [9.17, 15) is 4.79 Å². The van der Waals surface area contributed by atoms with E-state index in [0.29, 0.717) is 5.92 Å². The van der Waals surface area contributed by atoms with Gasteiger partial charge in [0.1, 0.15) is 5.75 Å². The van der Waals surface area contributed by atoms with Gasteiger partial charge in [0.05, 0.1) is 5.92 Å². The van der Waals surface area contributed by atoms with Gasteiger partial charge in [0.2, 0.25) is 0 Å². The Morgan fingerprint density at radius 1 is 1.40 bits per heavy atom. The smallest absolute Gasteiger partial charge is 0.318 e. The van der Waals surface area contributed by atoms with E-state index >= 15 is 0 Å². The van der Waals surface area contributed by atoms with Gasteiger partial charge < -0.3 is 4.74 Å². The predicted molar refractivity (Wildman–Crippen MR) is 59.2 cm³/mol. The summed E-state index contributed by atoms with van der Waals surface area (Å²) >= 11 is 0. The van der Waals surface area contributed by atoms with Crippen LogP contribution in [0.15, 0.2) is 18.2 Å². The van der Waals surface area contributed by atoms with Gasteiger partial charge in [0.25, 0.3) is 0 Å². The molecule has 1 aromatic rings. The fourth-order valence-corrected chi connectivity index (χ4v) is 2.11. The Kier molecular flexibility index (Phi) is 2.51. The Morgan fingerprint density at radius 2 is 2.13 bits per heavy atom. The Hall–Kier alpha value is -1.31. The molecule has 2 rings (SSSR count). The highest BCUT2D eigenvalue weighted by Gasteiger charge is 2.33. The van der Waals surface area contributed by atoms with Gasteiger partial charge in [-0.25, -0.2) is 0 Å². The lowest BCUT2D eigenvalue weighted by molar-refractivity contribution is -0.134. The highest BCUT2D eigenvalue weighted by molar-refractivity contribution is 5.86. The highest BCUT2D eigenvalue weighted by atomic mass is 16.5. The number of benzene rings is 1. The van der Waals surface area contributed by atoms with Crippen LogP contribution >= 0.6 is 0 Å². The Bertz CT molecular complexity index is 394. The fraction of sp³-hybridized carbons (Fsp3) is 0.462. The minimum absolute atomic E-state index is 0.0568. The first-order valence-electron chi connectivity index (χ1n) is 5.49. The third-order valence-corrected chi connectivity index (χ3v) is 2.97. The summed E-state index contributed by atoms with van der Waals surface area (Å²) in [4.78, 5) is 11.6. The third kappa shape index (κ3) is 1.54. The van der Waals surface area contributed by atoms with Crippen molar-refractivity contribution in [3.05, 3.63) is 29.3 Å². The van der Waals surface area contributed by atoms with Crippen LogP contribution in [0.5, 0.6) is 5.75 Å². The molecule has 0 aliphatic carbocycles. The molecule has 0 radical (unpaired) electrons. The van der Waals surface area contributed by atoms with E-state index in [-0.39, 0.29) is 11.9 Å². The molecule has 1 heterocycles. The van der Waals surface area contributed by atoms with Crippen molar-refractivity contribution in [3.8, 4) is 5.75 Å². The van der Waals surface area contributed by atoms with Crippen LogP contribution in [-0.2, 0) is 4.79 Å². The first-order chi connectivity index (χ1) is 7.15. The van der Waals surface area contributed by atoms with Crippen LogP contribution in [0, 0.1) is 0 Å². The largest absolute Gasteiger partial charge is 0.425 e. The first-order valence-corrected chi connectivity index (χ1v) is 5.49. The molecule has 1 aliphatic rings. The molecule has 0 saturated carbocycles. The number of esters is 1. The van der Waals surface area contributed by atoms with Gasteiger partial charge in [0.15, 0.2) is 0 Å². The summed E-state index contributed by atoms with van der Waals surface area (Å²) in [5, 5.41) is 0. The molecular formula is C13H16O2. The molecule has 0 spiro atoms. The van der Waals surface area contributed by atoms with Crippen molar-refractivity contribution in [2.45, 2.75) is 39.0 Å². The molecule has 1 aliphatic heterocycles. The third-order valence-electron chi connectivity index (χ3n) is 2.97. The number of rotatable bonds is 2. The molecule has 0 aromatic heterocycles. The number of hydrogen-bond acceptors (Lipinski definition) is 2. The van der Waals surface area contributed by atoms with E-state index in [4.69, 9.17) is 4.74 Å². The quantitative estimate of drug-likeness (QED) is 0.546. The van der Waals surface area contributed by atoms with Crippen LogP contribution in [0.25, 0.3) is 0 Å². The molecule has 80 valence electrons. The first kappa shape index (κ1) is 10.2. The van der Waals surface area contributed by atoms with E-state index in [0.717, 1.165) is 23.3 Å². The molecule has 0 N–H and O–H groups in total. The Labute approximate surface area is 90.3 Å². The van der Waals surface area contributed by atoms with E-state index in [1.165, 1.54) is 0 Å². The molecule has 15 heavy (non-hydrogen) atoms. The van der Waals surface area contributed by atoms with Crippen molar-refractivity contribution in [1.29, 1.82) is 0 Å². The van der Waals surface area contributed by atoms with Gasteiger partial charge in [-0.15, -0.1) is 0 Å². The second-order valence-corrected chi connectivity index (χ2v) is 4.30. The lowest BCUT2D eigenvalue weighted by atomic mass is 9.93. The molecule has 1 unspecified atom stereocenters.